The number of aliphatic imine (C=N–C) groups is 1. The molecule has 136 valence electrons. The highest BCUT2D eigenvalue weighted by atomic mass is 127. The molecule has 2 heterocycles. The molecule has 1 N–H and O–H groups in total. The lowest BCUT2D eigenvalue weighted by molar-refractivity contribution is 0.174. The lowest BCUT2D eigenvalue weighted by atomic mass is 10.2. The largest absolute Gasteiger partial charge is 0.454 e. The molecule has 0 bridgehead atoms. The van der Waals surface area contributed by atoms with Gasteiger partial charge in [0.05, 0.1) is 12.2 Å². The lowest BCUT2D eigenvalue weighted by Gasteiger charge is -2.22. The number of ether oxygens (including phenoxy) is 2. The van der Waals surface area contributed by atoms with Gasteiger partial charge in [-0.1, -0.05) is 6.07 Å². The van der Waals surface area contributed by atoms with Gasteiger partial charge in [0.25, 0.3) is 0 Å². The van der Waals surface area contributed by atoms with Crippen LogP contribution in [0.4, 0.5) is 0 Å². The van der Waals surface area contributed by atoms with Crippen LogP contribution in [0, 0.1) is 13.8 Å². The summed E-state index contributed by atoms with van der Waals surface area (Å²) in [7, 11) is 3.80. The van der Waals surface area contributed by atoms with Gasteiger partial charge in [0, 0.05) is 25.5 Å². The summed E-state index contributed by atoms with van der Waals surface area (Å²) in [5.74, 6) is 2.44. The molecule has 0 fully saturated rings. The average Bonchev–Trinajstić information content (AvgIpc) is 3.14. The Morgan fingerprint density at radius 3 is 2.76 bits per heavy atom. The molecule has 25 heavy (non-hydrogen) atoms. The van der Waals surface area contributed by atoms with Gasteiger partial charge in [-0.3, -0.25) is 4.99 Å². The maximum absolute atomic E-state index is 5.43. The Morgan fingerprint density at radius 2 is 2.08 bits per heavy atom. The van der Waals surface area contributed by atoms with E-state index in [1.54, 1.807) is 18.4 Å². The number of benzene rings is 1. The van der Waals surface area contributed by atoms with Gasteiger partial charge in [-0.15, -0.1) is 35.3 Å². The van der Waals surface area contributed by atoms with Crippen LogP contribution in [-0.4, -0.2) is 36.7 Å². The predicted molar refractivity (Wildman–Crippen MR) is 111 cm³/mol. The molecule has 1 aromatic carbocycles. The topological polar surface area (TPSA) is 59.0 Å². The van der Waals surface area contributed by atoms with Crippen molar-refractivity contribution in [1.29, 1.82) is 0 Å². The zero-order valence-electron chi connectivity index (χ0n) is 14.8. The Morgan fingerprint density at radius 1 is 1.32 bits per heavy atom. The first kappa shape index (κ1) is 19.8. The van der Waals surface area contributed by atoms with Crippen LogP contribution in [-0.2, 0) is 13.1 Å². The van der Waals surface area contributed by atoms with Gasteiger partial charge >= 0.3 is 0 Å². The van der Waals surface area contributed by atoms with Gasteiger partial charge in [-0.05, 0) is 31.5 Å². The molecule has 3 rings (SSSR count). The van der Waals surface area contributed by atoms with Gasteiger partial charge in [-0.2, -0.15) is 0 Å². The Labute approximate surface area is 169 Å². The summed E-state index contributed by atoms with van der Waals surface area (Å²) in [6.45, 7) is 5.83. The number of hydrogen-bond acceptors (Lipinski definition) is 5. The number of hydrogen-bond donors (Lipinski definition) is 1. The van der Waals surface area contributed by atoms with Gasteiger partial charge in [-0.25, -0.2) is 4.98 Å². The van der Waals surface area contributed by atoms with Crippen molar-refractivity contribution in [2.45, 2.75) is 26.9 Å². The van der Waals surface area contributed by atoms with E-state index in [0.29, 0.717) is 13.3 Å². The van der Waals surface area contributed by atoms with E-state index in [1.807, 2.05) is 32.2 Å². The second-order valence-corrected chi connectivity index (χ2v) is 6.98. The van der Waals surface area contributed by atoms with E-state index in [4.69, 9.17) is 9.47 Å². The second-order valence-electron chi connectivity index (χ2n) is 5.69. The highest BCUT2D eigenvalue weighted by molar-refractivity contribution is 14.0. The van der Waals surface area contributed by atoms with Crippen molar-refractivity contribution < 1.29 is 9.47 Å². The van der Waals surface area contributed by atoms with E-state index in [9.17, 15) is 0 Å². The molecule has 0 aliphatic carbocycles. The molecule has 8 heteroatoms. The SMILES string of the molecule is CN=C(NCc1nc(C)c(C)s1)N(C)Cc1ccc2c(c1)OCO2.I. The number of nitrogens with zero attached hydrogens (tertiary/aromatic N) is 3. The fraction of sp³-hybridized carbons (Fsp3) is 0.412. The summed E-state index contributed by atoms with van der Waals surface area (Å²) in [4.78, 5) is 12.2. The van der Waals surface area contributed by atoms with Crippen LogP contribution in [0.1, 0.15) is 21.1 Å². The summed E-state index contributed by atoms with van der Waals surface area (Å²) in [5.41, 5.74) is 2.24. The van der Waals surface area contributed by atoms with Crippen molar-refractivity contribution in [2.24, 2.45) is 4.99 Å². The van der Waals surface area contributed by atoms with E-state index >= 15 is 0 Å². The maximum Gasteiger partial charge on any atom is 0.231 e. The lowest BCUT2D eigenvalue weighted by Crippen LogP contribution is -2.38. The molecule has 0 atom stereocenters. The molecule has 0 spiro atoms. The summed E-state index contributed by atoms with van der Waals surface area (Å²) >= 11 is 1.72. The van der Waals surface area contributed by atoms with Crippen LogP contribution in [0.2, 0.25) is 0 Å². The van der Waals surface area contributed by atoms with Crippen molar-refractivity contribution >= 4 is 41.3 Å². The highest BCUT2D eigenvalue weighted by Crippen LogP contribution is 2.32. The quantitative estimate of drug-likeness (QED) is 0.419. The number of aryl methyl sites for hydroxylation is 2. The van der Waals surface area contributed by atoms with E-state index < -0.39 is 0 Å². The summed E-state index contributed by atoms with van der Waals surface area (Å²) in [6.07, 6.45) is 0. The Kier molecular flexibility index (Phi) is 6.88. The molecule has 6 nitrogen and oxygen atoms in total. The zero-order valence-corrected chi connectivity index (χ0v) is 18.0. The number of guanidine groups is 1. The molecule has 0 saturated heterocycles. The summed E-state index contributed by atoms with van der Waals surface area (Å²) < 4.78 is 10.8. The number of halogens is 1. The molecule has 0 radical (unpaired) electrons. The number of thiazole rings is 1. The first-order valence-electron chi connectivity index (χ1n) is 7.80. The van der Waals surface area contributed by atoms with E-state index in [2.05, 4.69) is 27.1 Å². The Bertz CT molecular complexity index is 744. The average molecular weight is 474 g/mol. The minimum Gasteiger partial charge on any atom is -0.454 e. The van der Waals surface area contributed by atoms with Crippen LogP contribution >= 0.6 is 35.3 Å². The first-order chi connectivity index (χ1) is 11.6. The number of nitrogens with one attached hydrogen (secondary N) is 1. The minimum atomic E-state index is 0. The van der Waals surface area contributed by atoms with Crippen molar-refractivity contribution in [1.82, 2.24) is 15.2 Å². The molecule has 0 unspecified atom stereocenters. The normalized spacial score (nSPS) is 12.7. The van der Waals surface area contributed by atoms with Gasteiger partial charge in [0.15, 0.2) is 17.5 Å². The maximum atomic E-state index is 5.43. The molecule has 1 aliphatic heterocycles. The monoisotopic (exact) mass is 474 g/mol. The third-order valence-electron chi connectivity index (χ3n) is 3.90. The smallest absolute Gasteiger partial charge is 0.231 e. The fourth-order valence-electron chi connectivity index (χ4n) is 2.54. The van der Waals surface area contributed by atoms with Crippen LogP contribution in [0.15, 0.2) is 23.2 Å². The van der Waals surface area contributed by atoms with E-state index in [-0.39, 0.29) is 24.0 Å². The van der Waals surface area contributed by atoms with Gasteiger partial charge in [0.1, 0.15) is 5.01 Å². The zero-order chi connectivity index (χ0) is 17.1. The number of rotatable bonds is 4. The molecule has 1 aromatic heterocycles. The molecule has 0 saturated carbocycles. The van der Waals surface area contributed by atoms with Crippen molar-refractivity contribution in [2.75, 3.05) is 20.9 Å². The highest BCUT2D eigenvalue weighted by Gasteiger charge is 2.15. The summed E-state index contributed by atoms with van der Waals surface area (Å²) in [5, 5.41) is 4.44. The van der Waals surface area contributed by atoms with Crippen molar-refractivity contribution in [3.8, 4) is 11.5 Å². The molecular weight excluding hydrogens is 451 g/mol. The van der Waals surface area contributed by atoms with Crippen LogP contribution in [0.25, 0.3) is 0 Å². The first-order valence-corrected chi connectivity index (χ1v) is 8.61. The summed E-state index contributed by atoms with van der Waals surface area (Å²) in [6, 6.07) is 6.01. The second kappa shape index (κ2) is 8.70. The minimum absolute atomic E-state index is 0. The molecular formula is C17H23IN4O2S. The van der Waals surface area contributed by atoms with Crippen molar-refractivity contribution in [3.63, 3.8) is 0 Å². The number of aromatic nitrogens is 1. The van der Waals surface area contributed by atoms with Crippen molar-refractivity contribution in [3.05, 3.63) is 39.3 Å². The van der Waals surface area contributed by atoms with Crippen LogP contribution in [0.5, 0.6) is 11.5 Å². The van der Waals surface area contributed by atoms with E-state index in [1.165, 1.54) is 4.88 Å². The Hall–Kier alpha value is -1.55. The van der Waals surface area contributed by atoms with E-state index in [0.717, 1.165) is 40.3 Å². The number of fused-ring (bicyclic) bond motifs is 1. The standard InChI is InChI=1S/C17H22N4O2S.HI/c1-11-12(2)24-16(20-11)8-19-17(18-3)21(4)9-13-5-6-14-15(7-13)23-10-22-14;/h5-7H,8-10H2,1-4H3,(H,18,19);1H. The predicted octanol–water partition coefficient (Wildman–Crippen LogP) is 3.31. The third-order valence-corrected chi connectivity index (χ3v) is 4.97. The van der Waals surface area contributed by atoms with Crippen LogP contribution < -0.4 is 14.8 Å². The van der Waals surface area contributed by atoms with Crippen LogP contribution in [0.3, 0.4) is 0 Å². The van der Waals surface area contributed by atoms with Gasteiger partial charge in [0.2, 0.25) is 6.79 Å². The Balaban J connectivity index is 0.00000225. The van der Waals surface area contributed by atoms with Gasteiger partial charge < -0.3 is 19.7 Å². The fourth-order valence-corrected chi connectivity index (χ4v) is 3.42. The third kappa shape index (κ3) is 4.75. The molecule has 1 aliphatic rings. The molecule has 0 amide bonds. The molecule has 2 aromatic rings.